The molecule has 1 aromatic carbocycles. The summed E-state index contributed by atoms with van der Waals surface area (Å²) in [4.78, 5) is 13.2. The summed E-state index contributed by atoms with van der Waals surface area (Å²) >= 11 is 0. The van der Waals surface area contributed by atoms with Crippen molar-refractivity contribution in [1.29, 1.82) is 0 Å². The van der Waals surface area contributed by atoms with Crippen LogP contribution in [0, 0.1) is 5.82 Å². The summed E-state index contributed by atoms with van der Waals surface area (Å²) < 4.78 is 14.2. The Morgan fingerprint density at radius 3 is 2.59 bits per heavy atom. The number of hydrogen-bond acceptors (Lipinski definition) is 2. The van der Waals surface area contributed by atoms with Gasteiger partial charge in [-0.3, -0.25) is 4.79 Å². The maximum absolute atomic E-state index is 14.2. The van der Waals surface area contributed by atoms with Crippen molar-refractivity contribution in [2.45, 2.75) is 51.9 Å². The minimum absolute atomic E-state index is 0.00878. The van der Waals surface area contributed by atoms with Crippen molar-refractivity contribution >= 4 is 11.6 Å². The number of anilines is 1. The van der Waals surface area contributed by atoms with Crippen LogP contribution in [0.2, 0.25) is 0 Å². The standard InChI is InChI=1S/C23H29FN2O/c1-4-7-21(25-3)19-9-6-5-8-18(19)16(2)14-17-10-11-20(24)22(15-17)26-13-12-23(26)27/h7,10-11,15,25H,2,4-6,8-9,12-14H2,1,3H3/b21-7-. The highest BCUT2D eigenvalue weighted by atomic mass is 19.1. The molecule has 0 aromatic heterocycles. The van der Waals surface area contributed by atoms with E-state index in [9.17, 15) is 9.18 Å². The van der Waals surface area contributed by atoms with Gasteiger partial charge in [-0.05, 0) is 72.9 Å². The normalized spacial score (nSPS) is 17.8. The molecule has 0 atom stereocenters. The number of likely N-dealkylation sites (N-methyl/N-ethyl adjacent to an activating group) is 1. The number of nitrogens with zero attached hydrogens (tertiary/aromatic N) is 1. The molecule has 0 radical (unpaired) electrons. The Hall–Kier alpha value is -2.36. The Morgan fingerprint density at radius 1 is 1.26 bits per heavy atom. The van der Waals surface area contributed by atoms with E-state index in [1.165, 1.54) is 40.7 Å². The molecule has 1 N–H and O–H groups in total. The summed E-state index contributed by atoms with van der Waals surface area (Å²) in [6, 6.07) is 5.08. The average molecular weight is 368 g/mol. The number of hydrogen-bond donors (Lipinski definition) is 1. The van der Waals surface area contributed by atoms with Crippen LogP contribution >= 0.6 is 0 Å². The van der Waals surface area contributed by atoms with Gasteiger partial charge < -0.3 is 10.2 Å². The predicted octanol–water partition coefficient (Wildman–Crippen LogP) is 5.05. The number of halogens is 1. The molecule has 4 heteroatoms. The minimum Gasteiger partial charge on any atom is -0.388 e. The Bertz CT molecular complexity index is 807. The summed E-state index contributed by atoms with van der Waals surface area (Å²) in [6.07, 6.45) is 8.89. The van der Waals surface area contributed by atoms with Gasteiger partial charge in [0.25, 0.3) is 0 Å². The highest BCUT2D eigenvalue weighted by molar-refractivity contribution is 5.99. The summed E-state index contributed by atoms with van der Waals surface area (Å²) in [7, 11) is 1.97. The lowest BCUT2D eigenvalue weighted by atomic mass is 9.84. The van der Waals surface area contributed by atoms with Gasteiger partial charge in [0.15, 0.2) is 0 Å². The fourth-order valence-corrected chi connectivity index (χ4v) is 3.97. The first-order valence-electron chi connectivity index (χ1n) is 9.92. The predicted molar refractivity (Wildman–Crippen MR) is 109 cm³/mol. The molecule has 1 saturated heterocycles. The molecular formula is C23H29FN2O. The highest BCUT2D eigenvalue weighted by Gasteiger charge is 2.27. The Kier molecular flexibility index (Phi) is 6.15. The van der Waals surface area contributed by atoms with Crippen LogP contribution in [0.25, 0.3) is 0 Å². The van der Waals surface area contributed by atoms with E-state index in [1.54, 1.807) is 6.07 Å². The van der Waals surface area contributed by atoms with Crippen LogP contribution in [0.1, 0.15) is 51.0 Å². The van der Waals surface area contributed by atoms with Crippen LogP contribution in [0.15, 0.2) is 53.3 Å². The van der Waals surface area contributed by atoms with E-state index < -0.39 is 0 Å². The SMILES string of the molecule is C=C(Cc1ccc(F)c(N2CCC2=O)c1)C1=C(/C(=C/CC)NC)CCCC1. The molecule has 27 heavy (non-hydrogen) atoms. The largest absolute Gasteiger partial charge is 0.388 e. The third kappa shape index (κ3) is 4.15. The molecule has 1 fully saturated rings. The smallest absolute Gasteiger partial charge is 0.228 e. The number of amides is 1. The molecule has 0 saturated carbocycles. The molecule has 3 nitrogen and oxygen atoms in total. The zero-order chi connectivity index (χ0) is 19.4. The van der Waals surface area contributed by atoms with E-state index in [-0.39, 0.29) is 11.7 Å². The van der Waals surface area contributed by atoms with Crippen LogP contribution in [0.4, 0.5) is 10.1 Å². The number of benzene rings is 1. The van der Waals surface area contributed by atoms with Gasteiger partial charge in [-0.1, -0.05) is 25.6 Å². The lowest BCUT2D eigenvalue weighted by Crippen LogP contribution is -2.43. The van der Waals surface area contributed by atoms with Gasteiger partial charge >= 0.3 is 0 Å². The van der Waals surface area contributed by atoms with E-state index >= 15 is 0 Å². The van der Waals surface area contributed by atoms with Gasteiger partial charge in [0.05, 0.1) is 5.69 Å². The number of rotatable bonds is 7. The van der Waals surface area contributed by atoms with Crippen molar-refractivity contribution in [2.24, 2.45) is 0 Å². The van der Waals surface area contributed by atoms with Gasteiger partial charge in [0.2, 0.25) is 5.91 Å². The molecule has 1 aliphatic carbocycles. The number of allylic oxidation sites excluding steroid dienone is 4. The maximum atomic E-state index is 14.2. The molecule has 1 aliphatic heterocycles. The highest BCUT2D eigenvalue weighted by Crippen LogP contribution is 2.35. The van der Waals surface area contributed by atoms with Crippen LogP contribution in [0.3, 0.4) is 0 Å². The van der Waals surface area contributed by atoms with E-state index in [1.807, 2.05) is 13.1 Å². The first-order valence-corrected chi connectivity index (χ1v) is 9.92. The van der Waals surface area contributed by atoms with E-state index in [4.69, 9.17) is 0 Å². The molecule has 0 bridgehead atoms. The minimum atomic E-state index is -0.335. The number of nitrogens with one attached hydrogen (secondary N) is 1. The van der Waals surface area contributed by atoms with Crippen molar-refractivity contribution in [2.75, 3.05) is 18.5 Å². The van der Waals surface area contributed by atoms with Gasteiger partial charge in [-0.2, -0.15) is 0 Å². The molecule has 144 valence electrons. The van der Waals surface area contributed by atoms with Crippen LogP contribution < -0.4 is 10.2 Å². The van der Waals surface area contributed by atoms with Gasteiger partial charge in [-0.25, -0.2) is 4.39 Å². The van der Waals surface area contributed by atoms with Crippen molar-refractivity contribution in [3.05, 3.63) is 64.7 Å². The van der Waals surface area contributed by atoms with Gasteiger partial charge in [0, 0.05) is 25.7 Å². The summed E-state index contributed by atoms with van der Waals surface area (Å²) in [5, 5.41) is 3.34. The lowest BCUT2D eigenvalue weighted by Gasteiger charge is -2.31. The quantitative estimate of drug-likeness (QED) is 0.684. The maximum Gasteiger partial charge on any atom is 0.228 e. The number of carbonyl (C=O) groups excluding carboxylic acids is 1. The molecule has 1 aromatic rings. The van der Waals surface area contributed by atoms with E-state index in [0.717, 1.165) is 30.4 Å². The fraction of sp³-hybridized carbons (Fsp3) is 0.435. The zero-order valence-corrected chi connectivity index (χ0v) is 16.4. The molecule has 2 aliphatic rings. The molecule has 0 spiro atoms. The van der Waals surface area contributed by atoms with Crippen molar-refractivity contribution < 1.29 is 9.18 Å². The van der Waals surface area contributed by atoms with Gasteiger partial charge in [-0.15, -0.1) is 0 Å². The molecule has 1 amide bonds. The molecule has 0 unspecified atom stereocenters. The first-order chi connectivity index (χ1) is 13.0. The third-order valence-electron chi connectivity index (χ3n) is 5.47. The summed E-state index contributed by atoms with van der Waals surface area (Å²) in [5.41, 5.74) is 6.40. The van der Waals surface area contributed by atoms with Crippen molar-refractivity contribution in [1.82, 2.24) is 5.32 Å². The first kappa shape index (κ1) is 19.4. The molecule has 1 heterocycles. The van der Waals surface area contributed by atoms with E-state index in [2.05, 4.69) is 24.9 Å². The summed E-state index contributed by atoms with van der Waals surface area (Å²) in [5.74, 6) is -0.344. The topological polar surface area (TPSA) is 32.3 Å². The van der Waals surface area contributed by atoms with Crippen LogP contribution in [-0.4, -0.2) is 19.5 Å². The number of β-lactam (4-membered cyclic amide) rings is 1. The lowest BCUT2D eigenvalue weighted by molar-refractivity contribution is -0.122. The molecule has 3 rings (SSSR count). The average Bonchev–Trinajstić information content (AvgIpc) is 2.67. The monoisotopic (exact) mass is 368 g/mol. The Balaban J connectivity index is 1.85. The van der Waals surface area contributed by atoms with Crippen LogP contribution in [0.5, 0.6) is 0 Å². The second kappa shape index (κ2) is 8.55. The van der Waals surface area contributed by atoms with Crippen molar-refractivity contribution in [3.63, 3.8) is 0 Å². The Morgan fingerprint density at radius 2 is 2.00 bits per heavy atom. The van der Waals surface area contributed by atoms with Crippen LogP contribution in [-0.2, 0) is 11.2 Å². The second-order valence-corrected chi connectivity index (χ2v) is 7.30. The fourth-order valence-electron chi connectivity index (χ4n) is 3.97. The number of carbonyl (C=O) groups is 1. The zero-order valence-electron chi connectivity index (χ0n) is 16.4. The van der Waals surface area contributed by atoms with Crippen molar-refractivity contribution in [3.8, 4) is 0 Å². The Labute approximate surface area is 161 Å². The van der Waals surface area contributed by atoms with E-state index in [0.29, 0.717) is 25.1 Å². The van der Waals surface area contributed by atoms with Gasteiger partial charge in [0.1, 0.15) is 5.82 Å². The second-order valence-electron chi connectivity index (χ2n) is 7.30. The third-order valence-corrected chi connectivity index (χ3v) is 5.47. The summed E-state index contributed by atoms with van der Waals surface area (Å²) in [6.45, 7) is 7.10. The molecular weight excluding hydrogens is 339 g/mol.